The largest absolute Gasteiger partial charge is 0.416 e. The third-order valence-electron chi connectivity index (χ3n) is 2.57. The van der Waals surface area contributed by atoms with Gasteiger partial charge >= 0.3 is 6.18 Å². The molecule has 0 saturated carbocycles. The van der Waals surface area contributed by atoms with Gasteiger partial charge in [0.1, 0.15) is 0 Å². The summed E-state index contributed by atoms with van der Waals surface area (Å²) in [7, 11) is 0. The van der Waals surface area contributed by atoms with Gasteiger partial charge in [-0.25, -0.2) is 0 Å². The molecule has 0 spiro atoms. The predicted molar refractivity (Wildman–Crippen MR) is 60.6 cm³/mol. The van der Waals surface area contributed by atoms with E-state index in [-0.39, 0.29) is 12.3 Å². The number of hydrogen-bond donors (Lipinski definition) is 1. The van der Waals surface area contributed by atoms with Crippen molar-refractivity contribution < 1.29 is 27.4 Å². The summed E-state index contributed by atoms with van der Waals surface area (Å²) in [5.41, 5.74) is -0.736. The number of carbonyl (C=O) groups excluding carboxylic acids is 1. The molecule has 1 aromatic rings. The second kappa shape index (κ2) is 5.58. The minimum Gasteiger partial charge on any atom is -0.376 e. The molecule has 1 saturated heterocycles. The Morgan fingerprint density at radius 3 is 2.74 bits per heavy atom. The number of halogens is 3. The number of amides is 1. The Balaban J connectivity index is 2.04. The van der Waals surface area contributed by atoms with Crippen molar-refractivity contribution in [2.45, 2.75) is 12.3 Å². The molecule has 1 atom stereocenters. The molecule has 104 valence electrons. The van der Waals surface area contributed by atoms with Crippen molar-refractivity contribution in [2.24, 2.45) is 0 Å². The smallest absolute Gasteiger partial charge is 0.376 e. The molecule has 7 heteroatoms. The van der Waals surface area contributed by atoms with Crippen LogP contribution in [0.1, 0.15) is 5.56 Å². The van der Waals surface area contributed by atoms with Gasteiger partial charge in [-0.15, -0.1) is 0 Å². The van der Waals surface area contributed by atoms with Crippen LogP contribution < -0.4 is 5.32 Å². The average molecular weight is 275 g/mol. The van der Waals surface area contributed by atoms with Crippen LogP contribution >= 0.6 is 0 Å². The number of alkyl halides is 3. The number of rotatable bonds is 2. The van der Waals surface area contributed by atoms with Gasteiger partial charge in [0, 0.05) is 5.69 Å². The van der Waals surface area contributed by atoms with Crippen molar-refractivity contribution in [3.8, 4) is 0 Å². The molecule has 1 N–H and O–H groups in total. The fourth-order valence-corrected chi connectivity index (χ4v) is 1.64. The number of hydrogen-bond acceptors (Lipinski definition) is 3. The predicted octanol–water partition coefficient (Wildman–Crippen LogP) is 2.06. The molecule has 0 unspecified atom stereocenters. The summed E-state index contributed by atoms with van der Waals surface area (Å²) in [6, 6.07) is 4.44. The second-order valence-corrected chi connectivity index (χ2v) is 4.00. The highest BCUT2D eigenvalue weighted by Gasteiger charge is 2.31. The lowest BCUT2D eigenvalue weighted by molar-refractivity contribution is -0.142. The third-order valence-corrected chi connectivity index (χ3v) is 2.57. The molecule has 1 aromatic carbocycles. The summed E-state index contributed by atoms with van der Waals surface area (Å²) in [4.78, 5) is 11.7. The van der Waals surface area contributed by atoms with Crippen molar-refractivity contribution in [2.75, 3.05) is 25.1 Å². The van der Waals surface area contributed by atoms with Gasteiger partial charge in [0.25, 0.3) is 5.91 Å². The van der Waals surface area contributed by atoms with E-state index in [2.05, 4.69) is 5.32 Å². The van der Waals surface area contributed by atoms with Crippen LogP contribution in [0.3, 0.4) is 0 Å². The zero-order valence-electron chi connectivity index (χ0n) is 9.87. The third kappa shape index (κ3) is 3.68. The first-order valence-electron chi connectivity index (χ1n) is 5.64. The fourth-order valence-electron chi connectivity index (χ4n) is 1.64. The van der Waals surface area contributed by atoms with Gasteiger partial charge in [-0.2, -0.15) is 13.2 Å². The molecule has 2 rings (SSSR count). The number of ether oxygens (including phenoxy) is 2. The molecule has 1 aliphatic heterocycles. The van der Waals surface area contributed by atoms with Crippen LogP contribution in [-0.2, 0) is 20.4 Å². The molecule has 0 radical (unpaired) electrons. The molecule has 0 aromatic heterocycles. The maximum atomic E-state index is 12.5. The highest BCUT2D eigenvalue weighted by Crippen LogP contribution is 2.30. The van der Waals surface area contributed by atoms with Gasteiger partial charge in [-0.1, -0.05) is 6.07 Å². The van der Waals surface area contributed by atoms with Crippen LogP contribution in [0.5, 0.6) is 0 Å². The Hall–Kier alpha value is -1.60. The Bertz CT molecular complexity index is 456. The SMILES string of the molecule is O=C(Nc1cccc(C(F)(F)F)c1)[C@@H]1COCCO1. The van der Waals surface area contributed by atoms with Crippen LogP contribution in [0, 0.1) is 0 Å². The Kier molecular flexibility index (Phi) is 4.06. The number of benzene rings is 1. The maximum absolute atomic E-state index is 12.5. The quantitative estimate of drug-likeness (QED) is 0.898. The van der Waals surface area contributed by atoms with Gasteiger partial charge in [0.05, 0.1) is 25.4 Å². The zero-order chi connectivity index (χ0) is 13.9. The molecular weight excluding hydrogens is 263 g/mol. The van der Waals surface area contributed by atoms with Crippen LogP contribution in [0.15, 0.2) is 24.3 Å². The van der Waals surface area contributed by atoms with E-state index >= 15 is 0 Å². The molecule has 1 heterocycles. The topological polar surface area (TPSA) is 47.6 Å². The first-order valence-corrected chi connectivity index (χ1v) is 5.64. The molecule has 4 nitrogen and oxygen atoms in total. The van der Waals surface area contributed by atoms with Crippen molar-refractivity contribution in [3.63, 3.8) is 0 Å². The fraction of sp³-hybridized carbons (Fsp3) is 0.417. The first-order chi connectivity index (χ1) is 8.97. The highest BCUT2D eigenvalue weighted by molar-refractivity contribution is 5.94. The summed E-state index contributed by atoms with van der Waals surface area (Å²) in [6.45, 7) is 0.804. The van der Waals surface area contributed by atoms with Gasteiger partial charge in [0.2, 0.25) is 0 Å². The lowest BCUT2D eigenvalue weighted by atomic mass is 10.2. The standard InChI is InChI=1S/C12H12F3NO3/c13-12(14,15)8-2-1-3-9(6-8)16-11(17)10-7-18-4-5-19-10/h1-3,6,10H,4-5,7H2,(H,16,17)/t10-/m0/s1. The average Bonchev–Trinajstić information content (AvgIpc) is 2.39. The highest BCUT2D eigenvalue weighted by atomic mass is 19.4. The van der Waals surface area contributed by atoms with E-state index in [1.807, 2.05) is 0 Å². The monoisotopic (exact) mass is 275 g/mol. The summed E-state index contributed by atoms with van der Waals surface area (Å²) in [6.07, 6.45) is -5.23. The van der Waals surface area contributed by atoms with Gasteiger partial charge in [-0.05, 0) is 18.2 Å². The van der Waals surface area contributed by atoms with Gasteiger partial charge in [-0.3, -0.25) is 4.79 Å². The normalized spacial score (nSPS) is 20.1. The van der Waals surface area contributed by atoms with Crippen LogP contribution in [0.4, 0.5) is 18.9 Å². The summed E-state index contributed by atoms with van der Waals surface area (Å²) in [5.74, 6) is -0.515. The molecule has 1 amide bonds. The van der Waals surface area contributed by atoms with E-state index in [0.29, 0.717) is 13.2 Å². The Labute approximate surface area is 107 Å². The lowest BCUT2D eigenvalue weighted by Gasteiger charge is -2.22. The Morgan fingerprint density at radius 1 is 1.32 bits per heavy atom. The minimum atomic E-state index is -4.44. The number of carbonyl (C=O) groups is 1. The Morgan fingerprint density at radius 2 is 2.11 bits per heavy atom. The zero-order valence-corrected chi connectivity index (χ0v) is 9.87. The summed E-state index contributed by atoms with van der Waals surface area (Å²) >= 11 is 0. The minimum absolute atomic E-state index is 0.0778. The van der Waals surface area contributed by atoms with E-state index in [1.165, 1.54) is 12.1 Å². The van der Waals surface area contributed by atoms with E-state index in [1.54, 1.807) is 0 Å². The van der Waals surface area contributed by atoms with Crippen molar-refractivity contribution in [1.29, 1.82) is 0 Å². The van der Waals surface area contributed by atoms with E-state index in [4.69, 9.17) is 9.47 Å². The van der Waals surface area contributed by atoms with E-state index in [9.17, 15) is 18.0 Å². The first kappa shape index (κ1) is 13.8. The molecule has 1 fully saturated rings. The summed E-state index contributed by atoms with van der Waals surface area (Å²) < 4.78 is 47.7. The van der Waals surface area contributed by atoms with Crippen LogP contribution in [0.25, 0.3) is 0 Å². The van der Waals surface area contributed by atoms with Gasteiger partial charge in [0.15, 0.2) is 6.10 Å². The number of nitrogens with one attached hydrogen (secondary N) is 1. The van der Waals surface area contributed by atoms with Crippen molar-refractivity contribution in [3.05, 3.63) is 29.8 Å². The van der Waals surface area contributed by atoms with E-state index < -0.39 is 23.8 Å². The van der Waals surface area contributed by atoms with Crippen molar-refractivity contribution >= 4 is 11.6 Å². The molecule has 1 aliphatic rings. The van der Waals surface area contributed by atoms with Crippen LogP contribution in [0.2, 0.25) is 0 Å². The van der Waals surface area contributed by atoms with Gasteiger partial charge < -0.3 is 14.8 Å². The molecule has 0 bridgehead atoms. The molecule has 19 heavy (non-hydrogen) atoms. The maximum Gasteiger partial charge on any atom is 0.416 e. The molecule has 0 aliphatic carbocycles. The lowest BCUT2D eigenvalue weighted by Crippen LogP contribution is -2.39. The van der Waals surface area contributed by atoms with Crippen molar-refractivity contribution in [1.82, 2.24) is 0 Å². The summed E-state index contributed by atoms with van der Waals surface area (Å²) in [5, 5.41) is 2.38. The molecular formula is C12H12F3NO3. The number of anilines is 1. The van der Waals surface area contributed by atoms with Crippen LogP contribution in [-0.4, -0.2) is 31.8 Å². The van der Waals surface area contributed by atoms with E-state index in [0.717, 1.165) is 12.1 Å². The second-order valence-electron chi connectivity index (χ2n) is 4.00.